The Hall–Kier alpha value is -1.00. The molecule has 0 radical (unpaired) electrons. The van der Waals surface area contributed by atoms with E-state index in [2.05, 4.69) is 24.4 Å². The maximum Gasteiger partial charge on any atom is 0.236 e. The molecule has 1 atom stereocenters. The van der Waals surface area contributed by atoms with Gasteiger partial charge in [-0.05, 0) is 30.4 Å². The summed E-state index contributed by atoms with van der Waals surface area (Å²) in [4.78, 5) is 12.5. The zero-order chi connectivity index (χ0) is 12.0. The number of nitrogens with two attached hydrogens (primary N) is 1. The van der Waals surface area contributed by atoms with E-state index in [-0.39, 0.29) is 5.91 Å². The summed E-state index contributed by atoms with van der Waals surface area (Å²) < 4.78 is 0. The molecule has 1 amide bonds. The van der Waals surface area contributed by atoms with Crippen LogP contribution >= 0.6 is 11.8 Å². The van der Waals surface area contributed by atoms with Crippen LogP contribution in [0.15, 0.2) is 29.2 Å². The Kier molecular flexibility index (Phi) is 5.35. The van der Waals surface area contributed by atoms with Crippen LogP contribution in [0.3, 0.4) is 0 Å². The van der Waals surface area contributed by atoms with Gasteiger partial charge >= 0.3 is 0 Å². The lowest BCUT2D eigenvalue weighted by molar-refractivity contribution is -0.122. The zero-order valence-electron chi connectivity index (χ0n) is 9.69. The highest BCUT2D eigenvalue weighted by Gasteiger charge is 2.05. The lowest BCUT2D eigenvalue weighted by Gasteiger charge is -2.08. The van der Waals surface area contributed by atoms with Gasteiger partial charge in [-0.2, -0.15) is 0 Å². The van der Waals surface area contributed by atoms with Crippen molar-refractivity contribution in [1.29, 1.82) is 0 Å². The minimum absolute atomic E-state index is 0.119. The molecule has 4 heteroatoms. The summed E-state index contributed by atoms with van der Waals surface area (Å²) in [6.45, 7) is 4.34. The van der Waals surface area contributed by atoms with E-state index < -0.39 is 6.04 Å². The first-order valence-corrected chi connectivity index (χ1v) is 6.37. The number of hydrogen-bond acceptors (Lipinski definition) is 3. The molecule has 16 heavy (non-hydrogen) atoms. The number of carbonyl (C=O) groups is 1. The van der Waals surface area contributed by atoms with Crippen molar-refractivity contribution in [1.82, 2.24) is 5.32 Å². The van der Waals surface area contributed by atoms with E-state index in [1.54, 1.807) is 18.7 Å². The number of amides is 1. The second-order valence-electron chi connectivity index (χ2n) is 3.58. The van der Waals surface area contributed by atoms with Crippen molar-refractivity contribution in [3.8, 4) is 0 Å². The van der Waals surface area contributed by atoms with Gasteiger partial charge in [0.1, 0.15) is 0 Å². The minimum Gasteiger partial charge on any atom is -0.351 e. The molecule has 1 aromatic carbocycles. The molecule has 1 rings (SSSR count). The SMILES string of the molecule is CCSc1ccc(CNC(=O)C(C)N)cc1. The zero-order valence-corrected chi connectivity index (χ0v) is 10.5. The smallest absolute Gasteiger partial charge is 0.236 e. The Morgan fingerprint density at radius 2 is 2.06 bits per heavy atom. The van der Waals surface area contributed by atoms with Gasteiger partial charge in [0, 0.05) is 11.4 Å². The standard InChI is InChI=1S/C12H18N2OS/c1-3-16-11-6-4-10(5-7-11)8-14-12(15)9(2)13/h4-7,9H,3,8,13H2,1-2H3,(H,14,15). The van der Waals surface area contributed by atoms with Gasteiger partial charge in [0.25, 0.3) is 0 Å². The third kappa shape index (κ3) is 4.24. The van der Waals surface area contributed by atoms with Crippen LogP contribution in [0.2, 0.25) is 0 Å². The van der Waals surface area contributed by atoms with E-state index in [0.29, 0.717) is 6.54 Å². The minimum atomic E-state index is -0.449. The number of benzene rings is 1. The van der Waals surface area contributed by atoms with Gasteiger partial charge in [0.15, 0.2) is 0 Å². The number of thioether (sulfide) groups is 1. The number of nitrogens with one attached hydrogen (secondary N) is 1. The average Bonchev–Trinajstić information content (AvgIpc) is 2.28. The number of hydrogen-bond donors (Lipinski definition) is 2. The largest absolute Gasteiger partial charge is 0.351 e. The van der Waals surface area contributed by atoms with E-state index in [4.69, 9.17) is 5.73 Å². The Morgan fingerprint density at radius 3 is 2.56 bits per heavy atom. The topological polar surface area (TPSA) is 55.1 Å². The molecule has 0 aliphatic rings. The predicted molar refractivity (Wildman–Crippen MR) is 68.3 cm³/mol. The average molecular weight is 238 g/mol. The first-order chi connectivity index (χ1) is 7.63. The molecule has 1 aromatic rings. The fourth-order valence-corrected chi connectivity index (χ4v) is 1.88. The maximum atomic E-state index is 11.2. The lowest BCUT2D eigenvalue weighted by atomic mass is 10.2. The molecule has 0 bridgehead atoms. The maximum absolute atomic E-state index is 11.2. The van der Waals surface area contributed by atoms with Crippen molar-refractivity contribution in [3.63, 3.8) is 0 Å². The van der Waals surface area contributed by atoms with Gasteiger partial charge in [-0.1, -0.05) is 19.1 Å². The van der Waals surface area contributed by atoms with Crippen molar-refractivity contribution in [2.75, 3.05) is 5.75 Å². The molecule has 88 valence electrons. The molecule has 0 saturated carbocycles. The highest BCUT2D eigenvalue weighted by Crippen LogP contribution is 2.17. The molecule has 0 saturated heterocycles. The molecule has 0 aromatic heterocycles. The van der Waals surface area contributed by atoms with E-state index in [9.17, 15) is 4.79 Å². The highest BCUT2D eigenvalue weighted by molar-refractivity contribution is 7.99. The highest BCUT2D eigenvalue weighted by atomic mass is 32.2. The molecular formula is C12H18N2OS. The monoisotopic (exact) mass is 238 g/mol. The Balaban J connectivity index is 2.46. The summed E-state index contributed by atoms with van der Waals surface area (Å²) in [5, 5.41) is 2.78. The van der Waals surface area contributed by atoms with Crippen LogP contribution in [0, 0.1) is 0 Å². The molecule has 0 aliphatic carbocycles. The van der Waals surface area contributed by atoms with E-state index in [0.717, 1.165) is 11.3 Å². The van der Waals surface area contributed by atoms with Gasteiger partial charge in [0.2, 0.25) is 5.91 Å². The van der Waals surface area contributed by atoms with Crippen LogP contribution in [-0.4, -0.2) is 17.7 Å². The molecule has 0 spiro atoms. The van der Waals surface area contributed by atoms with Crippen molar-refractivity contribution >= 4 is 17.7 Å². The van der Waals surface area contributed by atoms with Gasteiger partial charge in [-0.3, -0.25) is 4.79 Å². The molecule has 0 fully saturated rings. The van der Waals surface area contributed by atoms with Crippen LogP contribution in [0.4, 0.5) is 0 Å². The summed E-state index contributed by atoms with van der Waals surface area (Å²) in [5.74, 6) is 0.952. The summed E-state index contributed by atoms with van der Waals surface area (Å²) in [5.41, 5.74) is 6.54. The Bertz CT molecular complexity index is 335. The van der Waals surface area contributed by atoms with Gasteiger partial charge in [-0.25, -0.2) is 0 Å². The van der Waals surface area contributed by atoms with Crippen molar-refractivity contribution < 1.29 is 4.79 Å². The molecule has 3 nitrogen and oxygen atoms in total. The third-order valence-electron chi connectivity index (χ3n) is 2.11. The van der Waals surface area contributed by atoms with Crippen molar-refractivity contribution in [3.05, 3.63) is 29.8 Å². The quantitative estimate of drug-likeness (QED) is 0.769. The van der Waals surface area contributed by atoms with Crippen molar-refractivity contribution in [2.24, 2.45) is 5.73 Å². The van der Waals surface area contributed by atoms with Crippen LogP contribution in [0.5, 0.6) is 0 Å². The second-order valence-corrected chi connectivity index (χ2v) is 4.92. The van der Waals surface area contributed by atoms with E-state index in [1.807, 2.05) is 12.1 Å². The first kappa shape index (κ1) is 13.1. The summed E-state index contributed by atoms with van der Waals surface area (Å²) in [6.07, 6.45) is 0. The fraction of sp³-hybridized carbons (Fsp3) is 0.417. The normalized spacial score (nSPS) is 12.2. The lowest BCUT2D eigenvalue weighted by Crippen LogP contribution is -2.37. The van der Waals surface area contributed by atoms with Crippen LogP contribution in [-0.2, 0) is 11.3 Å². The number of carbonyl (C=O) groups excluding carboxylic acids is 1. The van der Waals surface area contributed by atoms with Crippen LogP contribution in [0.25, 0.3) is 0 Å². The van der Waals surface area contributed by atoms with Crippen LogP contribution < -0.4 is 11.1 Å². The predicted octanol–water partition coefficient (Wildman–Crippen LogP) is 1.76. The van der Waals surface area contributed by atoms with E-state index in [1.165, 1.54) is 4.90 Å². The summed E-state index contributed by atoms with van der Waals surface area (Å²) >= 11 is 1.81. The van der Waals surface area contributed by atoms with Gasteiger partial charge in [-0.15, -0.1) is 11.8 Å². The third-order valence-corrected chi connectivity index (χ3v) is 3.01. The molecule has 0 heterocycles. The Labute approximate surface area is 101 Å². The fourth-order valence-electron chi connectivity index (χ4n) is 1.22. The van der Waals surface area contributed by atoms with Gasteiger partial charge < -0.3 is 11.1 Å². The van der Waals surface area contributed by atoms with Crippen molar-refractivity contribution in [2.45, 2.75) is 31.3 Å². The van der Waals surface area contributed by atoms with E-state index >= 15 is 0 Å². The summed E-state index contributed by atoms with van der Waals surface area (Å²) in [6, 6.07) is 7.75. The Morgan fingerprint density at radius 1 is 1.44 bits per heavy atom. The molecule has 0 aliphatic heterocycles. The van der Waals surface area contributed by atoms with Crippen LogP contribution in [0.1, 0.15) is 19.4 Å². The molecule has 1 unspecified atom stereocenters. The van der Waals surface area contributed by atoms with Gasteiger partial charge in [0.05, 0.1) is 6.04 Å². The summed E-state index contributed by atoms with van der Waals surface area (Å²) in [7, 11) is 0. The molecule has 3 N–H and O–H groups in total. The number of rotatable bonds is 5. The molecular weight excluding hydrogens is 220 g/mol. The second kappa shape index (κ2) is 6.55. The first-order valence-electron chi connectivity index (χ1n) is 5.38.